The minimum atomic E-state index is -2.39. The van der Waals surface area contributed by atoms with Crippen LogP contribution in [-0.4, -0.2) is 30.0 Å². The van der Waals surface area contributed by atoms with Crippen molar-refractivity contribution in [3.8, 4) is 0 Å². The van der Waals surface area contributed by atoms with Crippen molar-refractivity contribution in [2.24, 2.45) is 0 Å². The largest absolute Gasteiger partial charge is 0.300 e. The molecule has 1 aliphatic heterocycles. The highest BCUT2D eigenvalue weighted by Gasteiger charge is 2.37. The summed E-state index contributed by atoms with van der Waals surface area (Å²) in [5.74, 6) is -2.39. The number of likely N-dealkylation sites (tertiary alicyclic amines) is 1. The normalized spacial score (nSPS) is 31.5. The number of hydrogen-bond donors (Lipinski definition) is 0. The summed E-state index contributed by atoms with van der Waals surface area (Å²) in [6, 6.07) is 0.515. The van der Waals surface area contributed by atoms with Crippen molar-refractivity contribution in [3.63, 3.8) is 0 Å². The van der Waals surface area contributed by atoms with E-state index in [9.17, 15) is 8.78 Å². The zero-order chi connectivity index (χ0) is 8.60. The van der Waals surface area contributed by atoms with Crippen LogP contribution in [0.25, 0.3) is 0 Å². The predicted molar refractivity (Wildman–Crippen MR) is 43.1 cm³/mol. The molecule has 1 saturated carbocycles. The molecule has 0 aromatic rings. The quantitative estimate of drug-likeness (QED) is 0.588. The molecule has 2 aliphatic rings. The number of halogens is 2. The molecule has 1 nitrogen and oxygen atoms in total. The van der Waals surface area contributed by atoms with E-state index in [1.54, 1.807) is 0 Å². The second-order valence-electron chi connectivity index (χ2n) is 3.77. The Morgan fingerprint density at radius 3 is 2.25 bits per heavy atom. The fourth-order valence-corrected chi connectivity index (χ4v) is 1.83. The van der Waals surface area contributed by atoms with Crippen LogP contribution in [0.2, 0.25) is 0 Å². The van der Waals surface area contributed by atoms with Crippen molar-refractivity contribution >= 4 is 0 Å². The average Bonchev–Trinajstić information content (AvgIpc) is 1.89. The van der Waals surface area contributed by atoms with Gasteiger partial charge in [0.1, 0.15) is 0 Å². The van der Waals surface area contributed by atoms with Crippen LogP contribution in [-0.2, 0) is 0 Å². The third kappa shape index (κ3) is 1.60. The van der Waals surface area contributed by atoms with Gasteiger partial charge in [-0.25, -0.2) is 8.78 Å². The lowest BCUT2D eigenvalue weighted by Crippen LogP contribution is -2.47. The lowest BCUT2D eigenvalue weighted by Gasteiger charge is -2.41. The second-order valence-corrected chi connectivity index (χ2v) is 3.77. The number of piperidine rings is 1. The standard InChI is InChI=1S/C9H14F2N/c10-9(11)4-6-12(7-5-9)8-2-1-3-8/h2,8H,1,3-7H2. The van der Waals surface area contributed by atoms with E-state index >= 15 is 0 Å². The summed E-state index contributed by atoms with van der Waals surface area (Å²) in [4.78, 5) is 2.18. The van der Waals surface area contributed by atoms with Crippen molar-refractivity contribution < 1.29 is 8.78 Å². The summed E-state index contributed by atoms with van der Waals surface area (Å²) in [5, 5.41) is 0. The Bertz CT molecular complexity index is 156. The molecule has 1 unspecified atom stereocenters. The first-order valence-electron chi connectivity index (χ1n) is 4.63. The zero-order valence-electron chi connectivity index (χ0n) is 7.10. The highest BCUT2D eigenvalue weighted by atomic mass is 19.3. The van der Waals surface area contributed by atoms with Gasteiger partial charge >= 0.3 is 0 Å². The molecule has 2 fully saturated rings. The summed E-state index contributed by atoms with van der Waals surface area (Å²) in [5.41, 5.74) is 0. The zero-order valence-corrected chi connectivity index (χ0v) is 7.10. The van der Waals surface area contributed by atoms with Crippen LogP contribution in [0, 0.1) is 6.42 Å². The number of nitrogens with zero attached hydrogens (tertiary/aromatic N) is 1. The van der Waals surface area contributed by atoms with Crippen LogP contribution < -0.4 is 0 Å². The Labute approximate surface area is 71.7 Å². The van der Waals surface area contributed by atoms with Gasteiger partial charge in [0.25, 0.3) is 5.92 Å². The minimum Gasteiger partial charge on any atom is -0.300 e. The fraction of sp³-hybridized carbons (Fsp3) is 0.889. The van der Waals surface area contributed by atoms with Crippen LogP contribution in [0.5, 0.6) is 0 Å². The van der Waals surface area contributed by atoms with Gasteiger partial charge in [-0.2, -0.15) is 0 Å². The van der Waals surface area contributed by atoms with Gasteiger partial charge in [-0.1, -0.05) is 0 Å². The molecular formula is C9H14F2N. The topological polar surface area (TPSA) is 3.24 Å². The Hall–Kier alpha value is -0.180. The Morgan fingerprint density at radius 1 is 1.25 bits per heavy atom. The van der Waals surface area contributed by atoms with Gasteiger partial charge in [0.05, 0.1) is 0 Å². The van der Waals surface area contributed by atoms with Gasteiger partial charge in [0.2, 0.25) is 0 Å². The Balaban J connectivity index is 1.81. The maximum atomic E-state index is 12.7. The highest BCUT2D eigenvalue weighted by molar-refractivity contribution is 4.97. The smallest absolute Gasteiger partial charge is 0.250 e. The van der Waals surface area contributed by atoms with Gasteiger partial charge in [0, 0.05) is 32.0 Å². The molecule has 0 aromatic carbocycles. The van der Waals surface area contributed by atoms with Gasteiger partial charge in [-0.15, -0.1) is 0 Å². The minimum absolute atomic E-state index is 0.0529. The van der Waals surface area contributed by atoms with E-state index in [4.69, 9.17) is 0 Å². The van der Waals surface area contributed by atoms with Crippen LogP contribution in [0.1, 0.15) is 25.7 Å². The van der Waals surface area contributed by atoms with E-state index in [0.29, 0.717) is 19.1 Å². The maximum absolute atomic E-state index is 12.7. The molecule has 1 saturated heterocycles. The lowest BCUT2D eigenvalue weighted by atomic mass is 9.89. The summed E-state index contributed by atoms with van der Waals surface area (Å²) in [6.45, 7) is 1.16. The molecule has 3 heteroatoms. The van der Waals surface area contributed by atoms with Gasteiger partial charge < -0.3 is 0 Å². The van der Waals surface area contributed by atoms with E-state index in [1.165, 1.54) is 6.42 Å². The summed E-state index contributed by atoms with van der Waals surface area (Å²) < 4.78 is 25.5. The molecule has 1 heterocycles. The molecule has 0 N–H and O–H groups in total. The van der Waals surface area contributed by atoms with E-state index in [1.807, 2.05) is 0 Å². The Morgan fingerprint density at radius 2 is 1.83 bits per heavy atom. The molecule has 0 bridgehead atoms. The first kappa shape index (κ1) is 8.42. The third-order valence-electron chi connectivity index (χ3n) is 2.90. The van der Waals surface area contributed by atoms with Crippen molar-refractivity contribution in [3.05, 3.63) is 6.42 Å². The van der Waals surface area contributed by atoms with Crippen molar-refractivity contribution in [1.82, 2.24) is 4.90 Å². The van der Waals surface area contributed by atoms with Crippen molar-refractivity contribution in [2.45, 2.75) is 37.6 Å². The third-order valence-corrected chi connectivity index (χ3v) is 2.90. The molecular weight excluding hydrogens is 160 g/mol. The van der Waals surface area contributed by atoms with Gasteiger partial charge in [-0.05, 0) is 19.3 Å². The SMILES string of the molecule is FC1(F)CCN(C2[CH]CC2)CC1. The number of alkyl halides is 2. The molecule has 1 aliphatic carbocycles. The first-order chi connectivity index (χ1) is 5.67. The van der Waals surface area contributed by atoms with Crippen molar-refractivity contribution in [2.75, 3.05) is 13.1 Å². The number of rotatable bonds is 1. The van der Waals surface area contributed by atoms with Crippen LogP contribution in [0.3, 0.4) is 0 Å². The van der Waals surface area contributed by atoms with E-state index in [-0.39, 0.29) is 12.8 Å². The predicted octanol–water partition coefficient (Wildman–Crippen LogP) is 2.08. The van der Waals surface area contributed by atoms with Gasteiger partial charge in [0.15, 0.2) is 0 Å². The summed E-state index contributed by atoms with van der Waals surface area (Å²) >= 11 is 0. The van der Waals surface area contributed by atoms with E-state index in [0.717, 1.165) is 6.42 Å². The number of hydrogen-bond acceptors (Lipinski definition) is 1. The molecule has 1 radical (unpaired) electrons. The highest BCUT2D eigenvalue weighted by Crippen LogP contribution is 2.32. The average molecular weight is 174 g/mol. The lowest BCUT2D eigenvalue weighted by molar-refractivity contribution is -0.0642. The summed E-state index contributed by atoms with van der Waals surface area (Å²) in [7, 11) is 0. The monoisotopic (exact) mass is 174 g/mol. The molecule has 12 heavy (non-hydrogen) atoms. The molecule has 69 valence electrons. The summed E-state index contributed by atoms with van der Waals surface area (Å²) in [6.07, 6.45) is 4.67. The van der Waals surface area contributed by atoms with Crippen LogP contribution >= 0.6 is 0 Å². The first-order valence-corrected chi connectivity index (χ1v) is 4.63. The van der Waals surface area contributed by atoms with Gasteiger partial charge in [-0.3, -0.25) is 4.90 Å². The van der Waals surface area contributed by atoms with E-state index < -0.39 is 5.92 Å². The molecule has 0 aromatic heterocycles. The van der Waals surface area contributed by atoms with Crippen LogP contribution in [0.4, 0.5) is 8.78 Å². The molecule has 0 spiro atoms. The fourth-order valence-electron chi connectivity index (χ4n) is 1.83. The van der Waals surface area contributed by atoms with Crippen LogP contribution in [0.15, 0.2) is 0 Å². The van der Waals surface area contributed by atoms with E-state index in [2.05, 4.69) is 11.3 Å². The molecule has 0 amide bonds. The molecule has 1 atom stereocenters. The van der Waals surface area contributed by atoms with Crippen molar-refractivity contribution in [1.29, 1.82) is 0 Å². The molecule has 2 rings (SSSR count). The second kappa shape index (κ2) is 2.95. The maximum Gasteiger partial charge on any atom is 0.250 e. The Kier molecular flexibility index (Phi) is 2.07.